The van der Waals surface area contributed by atoms with Gasteiger partial charge >= 0.3 is 0 Å². The molecule has 7 nitrogen and oxygen atoms in total. The second-order valence-electron chi connectivity index (χ2n) is 7.21. The summed E-state index contributed by atoms with van der Waals surface area (Å²) in [5.74, 6) is -0.210. The van der Waals surface area contributed by atoms with Gasteiger partial charge in [0, 0.05) is 26.2 Å². The average Bonchev–Trinajstić information content (AvgIpc) is 2.78. The third-order valence-corrected chi connectivity index (χ3v) is 7.08. The zero-order chi connectivity index (χ0) is 22.4. The van der Waals surface area contributed by atoms with Crippen LogP contribution in [-0.2, 0) is 14.8 Å². The molecule has 1 aliphatic rings. The fourth-order valence-corrected chi connectivity index (χ4v) is 4.87. The number of halogens is 1. The van der Waals surface area contributed by atoms with E-state index in [0.29, 0.717) is 25.4 Å². The highest BCUT2D eigenvalue weighted by Crippen LogP contribution is 2.26. The Morgan fingerprint density at radius 2 is 1.61 bits per heavy atom. The van der Waals surface area contributed by atoms with E-state index in [-0.39, 0.29) is 23.0 Å². The van der Waals surface area contributed by atoms with Crippen LogP contribution in [0.5, 0.6) is 5.75 Å². The van der Waals surface area contributed by atoms with Crippen LogP contribution in [0.2, 0.25) is 0 Å². The number of anilines is 1. The van der Waals surface area contributed by atoms with Gasteiger partial charge in [-0.25, -0.2) is 12.8 Å². The molecule has 2 aromatic carbocycles. The van der Waals surface area contributed by atoms with Crippen LogP contribution in [-0.4, -0.2) is 70.0 Å². The third kappa shape index (κ3) is 5.54. The van der Waals surface area contributed by atoms with Crippen molar-refractivity contribution in [2.75, 3.05) is 50.2 Å². The molecular weight excluding hydrogens is 421 g/mol. The fourth-order valence-electron chi connectivity index (χ4n) is 3.46. The van der Waals surface area contributed by atoms with Gasteiger partial charge < -0.3 is 14.5 Å². The van der Waals surface area contributed by atoms with Gasteiger partial charge in [-0.1, -0.05) is 6.92 Å². The molecule has 1 fully saturated rings. The smallest absolute Gasteiger partial charge is 0.264 e. The molecule has 2 aromatic rings. The maximum atomic E-state index is 13.4. The standard InChI is InChI=1S/C22H28FN3O4S/c1-3-24-13-15-25(16-14-24)22(27)17-26(19-7-5-18(23)6-8-19)31(28,29)21-11-9-20(10-12-21)30-4-2/h5-12H,3-4,13-17H2,1-2H3. The molecular formula is C22H28FN3O4S. The predicted molar refractivity (Wildman–Crippen MR) is 117 cm³/mol. The van der Waals surface area contributed by atoms with Crippen LogP contribution in [0.3, 0.4) is 0 Å². The first-order valence-electron chi connectivity index (χ1n) is 10.4. The van der Waals surface area contributed by atoms with Gasteiger partial charge in [0.25, 0.3) is 10.0 Å². The lowest BCUT2D eigenvalue weighted by Crippen LogP contribution is -2.51. The van der Waals surface area contributed by atoms with Crippen LogP contribution in [0.1, 0.15) is 13.8 Å². The molecule has 168 valence electrons. The summed E-state index contributed by atoms with van der Waals surface area (Å²) in [5.41, 5.74) is 0.232. The molecule has 0 atom stereocenters. The number of piperazine rings is 1. The van der Waals surface area contributed by atoms with Crippen molar-refractivity contribution >= 4 is 21.6 Å². The molecule has 0 bridgehead atoms. The number of likely N-dealkylation sites (N-methyl/N-ethyl adjacent to an activating group) is 1. The van der Waals surface area contributed by atoms with Gasteiger partial charge in [-0.15, -0.1) is 0 Å². The van der Waals surface area contributed by atoms with Gasteiger partial charge in [-0.05, 0) is 62.0 Å². The third-order valence-electron chi connectivity index (χ3n) is 5.29. The molecule has 0 aliphatic carbocycles. The molecule has 31 heavy (non-hydrogen) atoms. The minimum Gasteiger partial charge on any atom is -0.494 e. The molecule has 1 aliphatic heterocycles. The van der Waals surface area contributed by atoms with Gasteiger partial charge in [-0.3, -0.25) is 9.10 Å². The molecule has 1 heterocycles. The maximum Gasteiger partial charge on any atom is 0.264 e. The number of nitrogens with zero attached hydrogens (tertiary/aromatic N) is 3. The van der Waals surface area contributed by atoms with Crippen molar-refractivity contribution < 1.29 is 22.3 Å². The highest BCUT2D eigenvalue weighted by atomic mass is 32.2. The number of benzene rings is 2. The minimum absolute atomic E-state index is 0.0314. The Hall–Kier alpha value is -2.65. The van der Waals surface area contributed by atoms with Gasteiger partial charge in [0.2, 0.25) is 5.91 Å². The van der Waals surface area contributed by atoms with Crippen molar-refractivity contribution in [3.8, 4) is 5.75 Å². The lowest BCUT2D eigenvalue weighted by molar-refractivity contribution is -0.131. The summed E-state index contributed by atoms with van der Waals surface area (Å²) in [5, 5.41) is 0. The summed E-state index contributed by atoms with van der Waals surface area (Å²) < 4.78 is 46.7. The number of amides is 1. The van der Waals surface area contributed by atoms with Crippen LogP contribution in [0.4, 0.5) is 10.1 Å². The Labute approximate surface area is 183 Å². The van der Waals surface area contributed by atoms with Gasteiger partial charge in [-0.2, -0.15) is 0 Å². The molecule has 0 unspecified atom stereocenters. The zero-order valence-electron chi connectivity index (χ0n) is 17.8. The summed E-state index contributed by atoms with van der Waals surface area (Å²) in [6, 6.07) is 11.1. The van der Waals surface area contributed by atoms with Crippen molar-refractivity contribution in [3.63, 3.8) is 0 Å². The quantitative estimate of drug-likeness (QED) is 0.620. The first-order valence-corrected chi connectivity index (χ1v) is 11.8. The van der Waals surface area contributed by atoms with Crippen LogP contribution < -0.4 is 9.04 Å². The van der Waals surface area contributed by atoms with Crippen LogP contribution >= 0.6 is 0 Å². The molecule has 0 saturated carbocycles. The maximum absolute atomic E-state index is 13.4. The normalized spacial score (nSPS) is 15.0. The van der Waals surface area contributed by atoms with Crippen molar-refractivity contribution in [1.82, 2.24) is 9.80 Å². The second kappa shape index (κ2) is 10.1. The first kappa shape index (κ1) is 23.0. The topological polar surface area (TPSA) is 70.2 Å². The Morgan fingerprint density at radius 1 is 1.00 bits per heavy atom. The summed E-state index contributed by atoms with van der Waals surface area (Å²) in [4.78, 5) is 16.9. The molecule has 9 heteroatoms. The lowest BCUT2D eigenvalue weighted by Gasteiger charge is -2.35. The van der Waals surface area contributed by atoms with E-state index in [9.17, 15) is 17.6 Å². The molecule has 0 aromatic heterocycles. The summed E-state index contributed by atoms with van der Waals surface area (Å²) in [6.07, 6.45) is 0. The second-order valence-corrected chi connectivity index (χ2v) is 9.07. The van der Waals surface area contributed by atoms with Crippen molar-refractivity contribution in [2.24, 2.45) is 0 Å². The number of sulfonamides is 1. The van der Waals surface area contributed by atoms with E-state index in [2.05, 4.69) is 11.8 Å². The largest absolute Gasteiger partial charge is 0.494 e. The monoisotopic (exact) mass is 449 g/mol. The molecule has 1 saturated heterocycles. The van der Waals surface area contributed by atoms with Gasteiger partial charge in [0.05, 0.1) is 17.2 Å². The molecule has 0 spiro atoms. The number of hydrogen-bond donors (Lipinski definition) is 0. The SMILES string of the molecule is CCOc1ccc(S(=O)(=O)N(CC(=O)N2CCN(CC)CC2)c2ccc(F)cc2)cc1. The van der Waals surface area contributed by atoms with E-state index in [1.54, 1.807) is 17.0 Å². The van der Waals surface area contributed by atoms with Gasteiger partial charge in [0.15, 0.2) is 0 Å². The Morgan fingerprint density at radius 3 is 2.16 bits per heavy atom. The first-order chi connectivity index (χ1) is 14.8. The minimum atomic E-state index is -4.05. The Balaban J connectivity index is 1.87. The Bertz CT molecular complexity index is 973. The van der Waals surface area contributed by atoms with Crippen LogP contribution in [0, 0.1) is 5.82 Å². The molecule has 3 rings (SSSR count). The fraction of sp³-hybridized carbons (Fsp3) is 0.409. The van der Waals surface area contributed by atoms with E-state index in [4.69, 9.17) is 4.74 Å². The number of ether oxygens (including phenoxy) is 1. The van der Waals surface area contributed by atoms with E-state index in [0.717, 1.165) is 23.9 Å². The average molecular weight is 450 g/mol. The van der Waals surface area contributed by atoms with Gasteiger partial charge in [0.1, 0.15) is 18.1 Å². The van der Waals surface area contributed by atoms with E-state index in [1.807, 2.05) is 6.92 Å². The predicted octanol–water partition coefficient (Wildman–Crippen LogP) is 2.58. The van der Waals surface area contributed by atoms with Crippen LogP contribution in [0.15, 0.2) is 53.4 Å². The van der Waals surface area contributed by atoms with E-state index < -0.39 is 15.8 Å². The molecule has 1 amide bonds. The van der Waals surface area contributed by atoms with Crippen LogP contribution in [0.25, 0.3) is 0 Å². The zero-order valence-corrected chi connectivity index (χ0v) is 18.6. The Kier molecular flexibility index (Phi) is 7.50. The van der Waals surface area contributed by atoms with Crippen molar-refractivity contribution in [2.45, 2.75) is 18.7 Å². The van der Waals surface area contributed by atoms with E-state index in [1.165, 1.54) is 36.4 Å². The highest BCUT2D eigenvalue weighted by molar-refractivity contribution is 7.92. The van der Waals surface area contributed by atoms with Crippen molar-refractivity contribution in [3.05, 3.63) is 54.3 Å². The van der Waals surface area contributed by atoms with Crippen molar-refractivity contribution in [1.29, 1.82) is 0 Å². The lowest BCUT2D eigenvalue weighted by atomic mass is 10.3. The molecule has 0 N–H and O–H groups in total. The number of rotatable bonds is 8. The number of carbonyl (C=O) groups excluding carboxylic acids is 1. The summed E-state index contributed by atoms with van der Waals surface area (Å²) >= 11 is 0. The number of hydrogen-bond acceptors (Lipinski definition) is 5. The number of carbonyl (C=O) groups is 1. The molecule has 0 radical (unpaired) electrons. The van der Waals surface area contributed by atoms with E-state index >= 15 is 0 Å². The summed E-state index contributed by atoms with van der Waals surface area (Å²) in [6.45, 7) is 7.54. The summed E-state index contributed by atoms with van der Waals surface area (Å²) in [7, 11) is -4.05. The highest BCUT2D eigenvalue weighted by Gasteiger charge is 2.30.